The van der Waals surface area contributed by atoms with Gasteiger partial charge in [-0.2, -0.15) is 0 Å². The molecule has 0 saturated heterocycles. The minimum Gasteiger partial charge on any atom is -0.394 e. The highest BCUT2D eigenvalue weighted by Crippen LogP contribution is 2.37. The van der Waals surface area contributed by atoms with E-state index in [2.05, 4.69) is 125 Å². The first-order valence-corrected chi connectivity index (χ1v) is 23.7. The largest absolute Gasteiger partial charge is 0.394 e. The second kappa shape index (κ2) is 22.3. The number of nitrogens with zero attached hydrogens (tertiary/aromatic N) is 4. The molecular formula is C44H42N10O7S4. The standard InChI is InChI=1S/C44H42N10O7S4/c55-22-30(56)21-45-36(58)31-23-63-41(47-31)52-38(60)33-25-65-43(49-33)54-39(61)34-26-64-42(50-34)53-37(59)32-24-62-40(48-32)51-35(57)19-11-4-12-20-46-44(27-13-5-1-6-14-27,28-15-7-2-8-16-28)29-17-9-3-10-18-29/h1-3,5-10,13-18,23-26,30,46,55-56H,4,11-12,19-22H2,(H,45,58)(H,47,52,60)(H,48,51,57)(H,49,54,61)(H,50,53,59). The predicted octanol–water partition coefficient (Wildman–Crippen LogP) is 6.43. The molecule has 17 nitrogen and oxygen atoms in total. The van der Waals surface area contributed by atoms with E-state index in [4.69, 9.17) is 5.11 Å². The van der Waals surface area contributed by atoms with Gasteiger partial charge < -0.3 is 20.8 Å². The lowest BCUT2D eigenvalue weighted by Gasteiger charge is -2.37. The zero-order valence-corrected chi connectivity index (χ0v) is 37.6. The Morgan fingerprint density at radius 1 is 0.523 bits per heavy atom. The van der Waals surface area contributed by atoms with Gasteiger partial charge in [0.15, 0.2) is 20.5 Å². The van der Waals surface area contributed by atoms with E-state index in [0.717, 1.165) is 74.9 Å². The van der Waals surface area contributed by atoms with Gasteiger partial charge >= 0.3 is 0 Å². The molecule has 7 aromatic rings. The molecule has 5 amide bonds. The fourth-order valence-electron chi connectivity index (χ4n) is 6.51. The van der Waals surface area contributed by atoms with Crippen LogP contribution in [0.15, 0.2) is 113 Å². The van der Waals surface area contributed by atoms with Gasteiger partial charge in [0.2, 0.25) is 5.91 Å². The number of rotatable bonds is 21. The van der Waals surface area contributed by atoms with Crippen molar-refractivity contribution in [2.45, 2.75) is 37.3 Å². The van der Waals surface area contributed by atoms with Gasteiger partial charge in [0.1, 0.15) is 22.8 Å². The van der Waals surface area contributed by atoms with E-state index in [9.17, 15) is 29.1 Å². The third kappa shape index (κ3) is 12.2. The highest BCUT2D eigenvalue weighted by atomic mass is 32.1. The number of aliphatic hydroxyl groups excluding tert-OH is 2. The van der Waals surface area contributed by atoms with Crippen LogP contribution in [-0.4, -0.2) is 85.5 Å². The van der Waals surface area contributed by atoms with Gasteiger partial charge in [-0.05, 0) is 36.1 Å². The van der Waals surface area contributed by atoms with Crippen LogP contribution in [0.1, 0.15) is 84.3 Å². The number of amides is 5. The van der Waals surface area contributed by atoms with Gasteiger partial charge in [-0.1, -0.05) is 97.4 Å². The second-order valence-corrected chi connectivity index (χ2v) is 17.6. The lowest BCUT2D eigenvalue weighted by Crippen LogP contribution is -2.45. The monoisotopic (exact) mass is 950 g/mol. The van der Waals surface area contributed by atoms with Crippen LogP contribution in [0.3, 0.4) is 0 Å². The number of carbonyl (C=O) groups is 5. The Hall–Kier alpha value is -6.59. The Labute approximate surface area is 388 Å². The van der Waals surface area contributed by atoms with Crippen LogP contribution in [0.2, 0.25) is 0 Å². The number of hydrogen-bond acceptors (Lipinski definition) is 16. The summed E-state index contributed by atoms with van der Waals surface area (Å²) >= 11 is 4.13. The number of aromatic nitrogens is 4. The third-order valence-corrected chi connectivity index (χ3v) is 12.7. The smallest absolute Gasteiger partial charge is 0.276 e. The molecule has 7 rings (SSSR count). The maximum Gasteiger partial charge on any atom is 0.276 e. The Bertz CT molecular complexity index is 2610. The maximum atomic E-state index is 13.0. The van der Waals surface area contributed by atoms with Crippen molar-refractivity contribution in [3.05, 3.63) is 152 Å². The van der Waals surface area contributed by atoms with Crippen molar-refractivity contribution in [1.82, 2.24) is 30.6 Å². The summed E-state index contributed by atoms with van der Waals surface area (Å²) in [4.78, 5) is 80.3. The van der Waals surface area contributed by atoms with Crippen molar-refractivity contribution in [3.8, 4) is 0 Å². The topological polar surface area (TPSA) is 250 Å². The summed E-state index contributed by atoms with van der Waals surface area (Å²) in [6.45, 7) is 0.0377. The summed E-state index contributed by atoms with van der Waals surface area (Å²) in [6.07, 6.45) is 1.50. The molecule has 0 aliphatic rings. The lowest BCUT2D eigenvalue weighted by atomic mass is 9.77. The molecule has 0 radical (unpaired) electrons. The molecule has 65 heavy (non-hydrogen) atoms. The molecular weight excluding hydrogens is 909 g/mol. The Balaban J connectivity index is 0.837. The van der Waals surface area contributed by atoms with E-state index in [1.807, 2.05) is 18.2 Å². The molecule has 0 spiro atoms. The molecule has 4 heterocycles. The van der Waals surface area contributed by atoms with Crippen molar-refractivity contribution >= 4 is 95.4 Å². The molecule has 0 aliphatic carbocycles. The molecule has 4 aromatic heterocycles. The molecule has 0 aliphatic heterocycles. The third-order valence-electron chi connectivity index (χ3n) is 9.66. The zero-order chi connectivity index (χ0) is 45.6. The SMILES string of the molecule is O=C(CCCCCNC(c1ccccc1)(c1ccccc1)c1ccccc1)Nc1nc(C(=O)Nc2nc(C(=O)Nc3nc(C(=O)Nc4nc(C(=O)NCC(O)CO)cs4)cs3)cs2)cs1. The van der Waals surface area contributed by atoms with Crippen LogP contribution >= 0.6 is 45.3 Å². The summed E-state index contributed by atoms with van der Waals surface area (Å²) in [5.41, 5.74) is 2.92. The van der Waals surface area contributed by atoms with Gasteiger partial charge in [0.05, 0.1) is 18.2 Å². The number of nitrogens with one attached hydrogen (secondary N) is 6. The van der Waals surface area contributed by atoms with Gasteiger partial charge in [-0.25, -0.2) is 19.9 Å². The summed E-state index contributed by atoms with van der Waals surface area (Å²) < 4.78 is 0. The maximum absolute atomic E-state index is 13.0. The average molecular weight is 951 g/mol. The Morgan fingerprint density at radius 2 is 0.908 bits per heavy atom. The van der Waals surface area contributed by atoms with E-state index < -0.39 is 41.9 Å². The van der Waals surface area contributed by atoms with Gasteiger partial charge in [0.25, 0.3) is 23.6 Å². The van der Waals surface area contributed by atoms with E-state index in [1.165, 1.54) is 21.5 Å². The molecule has 334 valence electrons. The number of benzene rings is 3. The fraction of sp³-hybridized carbons (Fsp3) is 0.205. The van der Waals surface area contributed by atoms with E-state index in [1.54, 1.807) is 0 Å². The molecule has 1 atom stereocenters. The van der Waals surface area contributed by atoms with Crippen LogP contribution in [0, 0.1) is 0 Å². The van der Waals surface area contributed by atoms with Crippen molar-refractivity contribution in [1.29, 1.82) is 0 Å². The first kappa shape index (κ1) is 46.4. The molecule has 8 N–H and O–H groups in total. The quantitative estimate of drug-likeness (QED) is 0.0287. The molecule has 3 aromatic carbocycles. The summed E-state index contributed by atoms with van der Waals surface area (Å²) in [5, 5.41) is 41.6. The molecule has 1 unspecified atom stereocenters. The highest BCUT2D eigenvalue weighted by Gasteiger charge is 2.35. The number of hydrogen-bond donors (Lipinski definition) is 8. The number of unbranched alkanes of at least 4 members (excludes halogenated alkanes) is 2. The van der Waals surface area contributed by atoms with Gasteiger partial charge in [-0.3, -0.25) is 45.2 Å². The van der Waals surface area contributed by atoms with E-state index in [-0.39, 0.29) is 62.2 Å². The van der Waals surface area contributed by atoms with Crippen molar-refractivity contribution in [3.63, 3.8) is 0 Å². The van der Waals surface area contributed by atoms with Crippen LogP contribution in [0.4, 0.5) is 20.5 Å². The van der Waals surface area contributed by atoms with E-state index >= 15 is 0 Å². The minimum absolute atomic E-state index is 0.00322. The molecule has 0 saturated carbocycles. The van der Waals surface area contributed by atoms with Crippen LogP contribution < -0.4 is 31.9 Å². The number of anilines is 4. The Kier molecular flexibility index (Phi) is 16.0. The first-order valence-electron chi connectivity index (χ1n) is 20.2. The number of carbonyl (C=O) groups excluding carboxylic acids is 5. The van der Waals surface area contributed by atoms with Crippen LogP contribution in [0.25, 0.3) is 0 Å². The molecule has 21 heteroatoms. The van der Waals surface area contributed by atoms with E-state index in [0.29, 0.717) is 13.0 Å². The van der Waals surface area contributed by atoms with Gasteiger partial charge in [0, 0.05) is 34.5 Å². The fourth-order valence-corrected chi connectivity index (χ4v) is 9.27. The average Bonchev–Trinajstić information content (AvgIpc) is 4.18. The summed E-state index contributed by atoms with van der Waals surface area (Å²) in [7, 11) is 0. The van der Waals surface area contributed by atoms with Gasteiger partial charge in [-0.15, -0.1) is 45.3 Å². The number of aliphatic hydroxyl groups is 2. The lowest BCUT2D eigenvalue weighted by molar-refractivity contribution is -0.116. The minimum atomic E-state index is -1.11. The molecule has 0 bridgehead atoms. The number of thiazole rings is 4. The normalized spacial score (nSPS) is 11.7. The summed E-state index contributed by atoms with van der Waals surface area (Å²) in [5.74, 6) is -2.62. The van der Waals surface area contributed by atoms with Crippen molar-refractivity contribution < 1.29 is 34.2 Å². The van der Waals surface area contributed by atoms with Crippen molar-refractivity contribution in [2.24, 2.45) is 0 Å². The molecule has 0 fully saturated rings. The predicted molar refractivity (Wildman–Crippen MR) is 252 cm³/mol. The van der Waals surface area contributed by atoms with Crippen molar-refractivity contribution in [2.75, 3.05) is 41.0 Å². The van der Waals surface area contributed by atoms with Crippen LogP contribution in [-0.2, 0) is 10.3 Å². The first-order chi connectivity index (χ1) is 31.6. The Morgan fingerprint density at radius 3 is 1.31 bits per heavy atom. The highest BCUT2D eigenvalue weighted by molar-refractivity contribution is 7.15. The second-order valence-electron chi connectivity index (χ2n) is 14.2. The summed E-state index contributed by atoms with van der Waals surface area (Å²) in [6, 6.07) is 31.2. The zero-order valence-electron chi connectivity index (χ0n) is 34.4. The van der Waals surface area contributed by atoms with Crippen LogP contribution in [0.5, 0.6) is 0 Å².